The molecule has 2 aromatic carbocycles. The first-order valence-corrected chi connectivity index (χ1v) is 8.32. The number of thioether (sulfide) groups is 1. The van der Waals surface area contributed by atoms with Crippen LogP contribution >= 0.6 is 11.8 Å². The van der Waals surface area contributed by atoms with Crippen LogP contribution < -0.4 is 0 Å². The molecule has 0 bridgehead atoms. The molecule has 0 atom stereocenters. The lowest BCUT2D eigenvalue weighted by Crippen LogP contribution is -2.22. The second-order valence-electron chi connectivity index (χ2n) is 6.16. The lowest BCUT2D eigenvalue weighted by atomic mass is 10.2. The molecule has 0 unspecified atom stereocenters. The van der Waals surface area contributed by atoms with Crippen LogP contribution in [0.25, 0.3) is 16.7 Å². The summed E-state index contributed by atoms with van der Waals surface area (Å²) in [7, 11) is 0. The standard InChI is InChI=1S/C18H20N2OS/c1-13-8-10-14(11-9-13)20-16-7-5-4-6-15(16)19-17(20)22-12-18(2,3)21/h4-11,21H,12H2,1-3H3. The highest BCUT2D eigenvalue weighted by atomic mass is 32.2. The maximum atomic E-state index is 9.99. The number of hydrogen-bond donors (Lipinski definition) is 1. The van der Waals surface area contributed by atoms with Gasteiger partial charge in [-0.15, -0.1) is 0 Å². The summed E-state index contributed by atoms with van der Waals surface area (Å²) in [5.41, 5.74) is 3.67. The minimum Gasteiger partial charge on any atom is -0.390 e. The zero-order valence-electron chi connectivity index (χ0n) is 13.1. The molecular formula is C18H20N2OS. The van der Waals surface area contributed by atoms with Crippen LogP contribution in [0.4, 0.5) is 0 Å². The number of imidazole rings is 1. The topological polar surface area (TPSA) is 38.0 Å². The van der Waals surface area contributed by atoms with Gasteiger partial charge in [0.2, 0.25) is 0 Å². The van der Waals surface area contributed by atoms with Crippen molar-refractivity contribution in [3.8, 4) is 5.69 Å². The highest BCUT2D eigenvalue weighted by Gasteiger charge is 2.18. The van der Waals surface area contributed by atoms with Gasteiger partial charge in [-0.25, -0.2) is 4.98 Å². The van der Waals surface area contributed by atoms with Gasteiger partial charge in [0.15, 0.2) is 5.16 Å². The molecule has 0 radical (unpaired) electrons. The van der Waals surface area contributed by atoms with Crippen molar-refractivity contribution in [3.05, 3.63) is 54.1 Å². The van der Waals surface area contributed by atoms with Crippen LogP contribution in [-0.2, 0) is 0 Å². The first-order chi connectivity index (χ1) is 10.4. The molecule has 0 aliphatic heterocycles. The number of fused-ring (bicyclic) bond motifs is 1. The number of aromatic nitrogens is 2. The van der Waals surface area contributed by atoms with Gasteiger partial charge in [-0.1, -0.05) is 41.6 Å². The molecule has 114 valence electrons. The highest BCUT2D eigenvalue weighted by molar-refractivity contribution is 7.99. The summed E-state index contributed by atoms with van der Waals surface area (Å²) in [6.45, 7) is 5.72. The lowest BCUT2D eigenvalue weighted by molar-refractivity contribution is 0.107. The van der Waals surface area contributed by atoms with Gasteiger partial charge in [0.25, 0.3) is 0 Å². The monoisotopic (exact) mass is 312 g/mol. The van der Waals surface area contributed by atoms with E-state index in [9.17, 15) is 5.11 Å². The Hall–Kier alpha value is -1.78. The SMILES string of the molecule is Cc1ccc(-n2c(SCC(C)(C)O)nc3ccccc32)cc1. The van der Waals surface area contributed by atoms with E-state index < -0.39 is 5.60 Å². The molecule has 0 fully saturated rings. The van der Waals surface area contributed by atoms with Crippen LogP contribution in [0.1, 0.15) is 19.4 Å². The van der Waals surface area contributed by atoms with Gasteiger partial charge in [-0.3, -0.25) is 4.57 Å². The molecule has 0 saturated carbocycles. The second kappa shape index (κ2) is 5.78. The largest absolute Gasteiger partial charge is 0.390 e. The molecule has 0 spiro atoms. The normalized spacial score (nSPS) is 12.0. The maximum absolute atomic E-state index is 9.99. The third-order valence-corrected chi connectivity index (χ3v) is 4.76. The zero-order chi connectivity index (χ0) is 15.7. The molecule has 3 rings (SSSR count). The molecule has 3 aromatic rings. The van der Waals surface area contributed by atoms with Crippen molar-refractivity contribution in [2.75, 3.05) is 5.75 Å². The van der Waals surface area contributed by atoms with E-state index in [2.05, 4.69) is 41.8 Å². The van der Waals surface area contributed by atoms with E-state index in [0.717, 1.165) is 21.9 Å². The van der Waals surface area contributed by atoms with Gasteiger partial charge >= 0.3 is 0 Å². The number of aliphatic hydroxyl groups is 1. The summed E-state index contributed by atoms with van der Waals surface area (Å²) >= 11 is 1.58. The van der Waals surface area contributed by atoms with Crippen molar-refractivity contribution in [2.24, 2.45) is 0 Å². The number of hydrogen-bond acceptors (Lipinski definition) is 3. The van der Waals surface area contributed by atoms with Gasteiger partial charge in [-0.2, -0.15) is 0 Å². The maximum Gasteiger partial charge on any atom is 0.173 e. The summed E-state index contributed by atoms with van der Waals surface area (Å²) < 4.78 is 2.16. The third-order valence-electron chi connectivity index (χ3n) is 3.38. The molecule has 1 aromatic heterocycles. The molecule has 3 nitrogen and oxygen atoms in total. The number of aryl methyl sites for hydroxylation is 1. The Balaban J connectivity index is 2.10. The fourth-order valence-electron chi connectivity index (χ4n) is 2.29. The molecule has 1 N–H and O–H groups in total. The van der Waals surface area contributed by atoms with Gasteiger partial charge in [-0.05, 0) is 45.0 Å². The molecule has 0 aliphatic carbocycles. The zero-order valence-corrected chi connectivity index (χ0v) is 13.9. The van der Waals surface area contributed by atoms with Crippen LogP contribution in [-0.4, -0.2) is 26.0 Å². The summed E-state index contributed by atoms with van der Waals surface area (Å²) in [5.74, 6) is 0.599. The molecule has 1 heterocycles. The molecule has 22 heavy (non-hydrogen) atoms. The molecule has 0 saturated heterocycles. The summed E-state index contributed by atoms with van der Waals surface area (Å²) in [6, 6.07) is 16.6. The van der Waals surface area contributed by atoms with Gasteiger partial charge in [0.05, 0.1) is 16.6 Å². The van der Waals surface area contributed by atoms with Crippen molar-refractivity contribution >= 4 is 22.8 Å². The fraction of sp³-hybridized carbons (Fsp3) is 0.278. The van der Waals surface area contributed by atoms with Crippen LogP contribution in [0.2, 0.25) is 0 Å². The number of rotatable bonds is 4. The number of nitrogens with zero attached hydrogens (tertiary/aromatic N) is 2. The van der Waals surface area contributed by atoms with Crippen molar-refractivity contribution in [1.82, 2.24) is 9.55 Å². The van der Waals surface area contributed by atoms with E-state index >= 15 is 0 Å². The Morgan fingerprint density at radius 2 is 1.77 bits per heavy atom. The fourth-order valence-corrected chi connectivity index (χ4v) is 3.26. The molecule has 4 heteroatoms. The minimum absolute atomic E-state index is 0.599. The van der Waals surface area contributed by atoms with Gasteiger partial charge < -0.3 is 5.11 Å². The average molecular weight is 312 g/mol. The first-order valence-electron chi connectivity index (χ1n) is 7.34. The Morgan fingerprint density at radius 3 is 2.45 bits per heavy atom. The van der Waals surface area contributed by atoms with Gasteiger partial charge in [0, 0.05) is 11.4 Å². The van der Waals surface area contributed by atoms with E-state index in [4.69, 9.17) is 4.98 Å². The van der Waals surface area contributed by atoms with Crippen LogP contribution in [0.5, 0.6) is 0 Å². The highest BCUT2D eigenvalue weighted by Crippen LogP contribution is 2.29. The summed E-state index contributed by atoms with van der Waals surface area (Å²) in [4.78, 5) is 4.73. The smallest absolute Gasteiger partial charge is 0.173 e. The average Bonchev–Trinajstić information content (AvgIpc) is 2.84. The van der Waals surface area contributed by atoms with Crippen molar-refractivity contribution in [3.63, 3.8) is 0 Å². The van der Waals surface area contributed by atoms with E-state index in [1.165, 1.54) is 5.56 Å². The Morgan fingerprint density at radius 1 is 1.09 bits per heavy atom. The number of benzene rings is 2. The van der Waals surface area contributed by atoms with E-state index in [0.29, 0.717) is 5.75 Å². The molecule has 0 aliphatic rings. The van der Waals surface area contributed by atoms with Crippen molar-refractivity contribution < 1.29 is 5.11 Å². The van der Waals surface area contributed by atoms with Crippen LogP contribution in [0.3, 0.4) is 0 Å². The molecular weight excluding hydrogens is 292 g/mol. The van der Waals surface area contributed by atoms with E-state index in [-0.39, 0.29) is 0 Å². The summed E-state index contributed by atoms with van der Waals surface area (Å²) in [6.07, 6.45) is 0. The van der Waals surface area contributed by atoms with E-state index in [1.807, 2.05) is 32.0 Å². The van der Waals surface area contributed by atoms with E-state index in [1.54, 1.807) is 11.8 Å². The minimum atomic E-state index is -0.721. The predicted molar refractivity (Wildman–Crippen MR) is 92.8 cm³/mol. The Bertz CT molecular complexity index is 785. The Kier molecular flexibility index (Phi) is 3.98. The third kappa shape index (κ3) is 3.18. The lowest BCUT2D eigenvalue weighted by Gasteiger charge is -2.16. The van der Waals surface area contributed by atoms with Crippen LogP contribution in [0.15, 0.2) is 53.7 Å². The van der Waals surface area contributed by atoms with Crippen molar-refractivity contribution in [1.29, 1.82) is 0 Å². The number of para-hydroxylation sites is 2. The molecule has 0 amide bonds. The Labute approximate surface area is 135 Å². The summed E-state index contributed by atoms with van der Waals surface area (Å²) in [5, 5.41) is 10.9. The van der Waals surface area contributed by atoms with Crippen molar-refractivity contribution in [2.45, 2.75) is 31.5 Å². The quantitative estimate of drug-likeness (QED) is 0.734. The second-order valence-corrected chi connectivity index (χ2v) is 7.10. The van der Waals surface area contributed by atoms with Gasteiger partial charge in [0.1, 0.15) is 0 Å². The van der Waals surface area contributed by atoms with Crippen LogP contribution in [0, 0.1) is 6.92 Å². The first kappa shape index (κ1) is 15.1. The predicted octanol–water partition coefficient (Wildman–Crippen LogP) is 4.20.